The zero-order valence-electron chi connectivity index (χ0n) is 19.9. The molecule has 0 saturated carbocycles. The van der Waals surface area contributed by atoms with Crippen LogP contribution >= 0.6 is 0 Å². The van der Waals surface area contributed by atoms with Gasteiger partial charge in [-0.25, -0.2) is 4.79 Å². The Labute approximate surface area is 195 Å². The zero-order valence-corrected chi connectivity index (χ0v) is 19.9. The fraction of sp³-hybridized carbons (Fsp3) is 0.696. The molecule has 1 fully saturated rings. The number of benzene rings is 1. The summed E-state index contributed by atoms with van der Waals surface area (Å²) in [5.74, 6) is 0. The van der Waals surface area contributed by atoms with Crippen molar-refractivity contribution in [3.05, 3.63) is 34.9 Å². The molecule has 1 heterocycles. The van der Waals surface area contributed by atoms with Crippen LogP contribution in [-0.4, -0.2) is 48.4 Å². The van der Waals surface area contributed by atoms with E-state index in [-0.39, 0.29) is 42.9 Å². The maximum atomic E-state index is 13.1. The number of ether oxygens (including phenoxy) is 2. The number of piperidine rings is 1. The number of rotatable bonds is 6. The molecule has 1 aliphatic rings. The van der Waals surface area contributed by atoms with Gasteiger partial charge in [0.2, 0.25) is 0 Å². The Hall–Kier alpha value is -2.01. The lowest BCUT2D eigenvalue weighted by atomic mass is 9.90. The van der Waals surface area contributed by atoms with Crippen molar-refractivity contribution in [2.45, 2.75) is 89.6 Å². The molecule has 1 N–H and O–H groups in total. The first-order valence-electron chi connectivity index (χ1n) is 11.1. The molecule has 0 aliphatic carbocycles. The van der Waals surface area contributed by atoms with Crippen LogP contribution in [0.5, 0.6) is 0 Å². The number of hydrogen-bond donors (Lipinski definition) is 1. The number of amides is 1. The third kappa shape index (κ3) is 7.76. The summed E-state index contributed by atoms with van der Waals surface area (Å²) in [5, 5.41) is 3.09. The number of hydrogen-bond acceptors (Lipinski definition) is 4. The van der Waals surface area contributed by atoms with Gasteiger partial charge in [-0.15, -0.1) is 0 Å². The molecule has 11 heteroatoms. The highest BCUT2D eigenvalue weighted by Crippen LogP contribution is 2.36. The number of carbonyl (C=O) groups is 1. The minimum Gasteiger partial charge on any atom is -0.444 e. The molecular formula is C23H32F6N2O3. The van der Waals surface area contributed by atoms with E-state index < -0.39 is 35.2 Å². The summed E-state index contributed by atoms with van der Waals surface area (Å²) >= 11 is 0. The van der Waals surface area contributed by atoms with Crippen molar-refractivity contribution in [2.24, 2.45) is 0 Å². The van der Waals surface area contributed by atoms with Gasteiger partial charge in [-0.2, -0.15) is 26.3 Å². The van der Waals surface area contributed by atoms with Crippen LogP contribution in [0.3, 0.4) is 0 Å². The maximum Gasteiger partial charge on any atom is 0.416 e. The Bertz CT molecular complexity index is 803. The summed E-state index contributed by atoms with van der Waals surface area (Å²) in [5.41, 5.74) is -3.50. The van der Waals surface area contributed by atoms with Gasteiger partial charge in [-0.05, 0) is 63.8 Å². The molecule has 34 heavy (non-hydrogen) atoms. The minimum absolute atomic E-state index is 0.116. The number of halogens is 6. The largest absolute Gasteiger partial charge is 0.444 e. The van der Waals surface area contributed by atoms with Crippen molar-refractivity contribution >= 4 is 6.09 Å². The Kier molecular flexibility index (Phi) is 8.90. The highest BCUT2D eigenvalue weighted by Gasteiger charge is 2.40. The molecule has 3 atom stereocenters. The monoisotopic (exact) mass is 498 g/mol. The lowest BCUT2D eigenvalue weighted by Gasteiger charge is -2.45. The Morgan fingerprint density at radius 1 is 1.00 bits per heavy atom. The average molecular weight is 499 g/mol. The Balaban J connectivity index is 2.21. The molecule has 0 aromatic heterocycles. The molecule has 0 radical (unpaired) electrons. The van der Waals surface area contributed by atoms with E-state index in [0.717, 1.165) is 12.1 Å². The number of alkyl halides is 6. The fourth-order valence-electron chi connectivity index (χ4n) is 4.15. The summed E-state index contributed by atoms with van der Waals surface area (Å²) in [6.07, 6.45) is -8.79. The topological polar surface area (TPSA) is 50.8 Å². The van der Waals surface area contributed by atoms with Crippen LogP contribution in [0.4, 0.5) is 31.1 Å². The fourth-order valence-corrected chi connectivity index (χ4v) is 4.15. The highest BCUT2D eigenvalue weighted by atomic mass is 19.4. The van der Waals surface area contributed by atoms with Crippen molar-refractivity contribution in [1.29, 1.82) is 0 Å². The third-order valence-electron chi connectivity index (χ3n) is 5.58. The van der Waals surface area contributed by atoms with Gasteiger partial charge in [-0.1, -0.05) is 6.92 Å². The standard InChI is InChI=1S/C23H32F6N2O3/c1-6-18-10-17(11-19(13-33-5)31(18)20(32)34-21(2,3)4)30-12-14-7-15(22(24,25)26)9-16(8-14)23(27,28)29/h7-9,17-19,30H,6,10-13H2,1-5H3/t17-,18+,19+/m0/s1. The van der Waals surface area contributed by atoms with Crippen LogP contribution < -0.4 is 5.32 Å². The van der Waals surface area contributed by atoms with Crippen LogP contribution in [0.15, 0.2) is 18.2 Å². The van der Waals surface area contributed by atoms with Crippen LogP contribution in [0, 0.1) is 0 Å². The van der Waals surface area contributed by atoms with E-state index in [0.29, 0.717) is 19.3 Å². The van der Waals surface area contributed by atoms with Gasteiger partial charge in [0, 0.05) is 25.7 Å². The van der Waals surface area contributed by atoms with Gasteiger partial charge in [0.1, 0.15) is 5.60 Å². The van der Waals surface area contributed by atoms with E-state index in [9.17, 15) is 31.1 Å². The zero-order chi connectivity index (χ0) is 25.9. The van der Waals surface area contributed by atoms with E-state index in [1.54, 1.807) is 25.7 Å². The molecule has 0 unspecified atom stereocenters. The SMILES string of the molecule is CC[C@@H]1C[C@H](NCc2cc(C(F)(F)F)cc(C(F)(F)F)c2)C[C@H](COC)N1C(=O)OC(C)(C)C. The molecule has 194 valence electrons. The number of nitrogens with zero attached hydrogens (tertiary/aromatic N) is 1. The van der Waals surface area contributed by atoms with Crippen molar-refractivity contribution in [3.63, 3.8) is 0 Å². The van der Waals surface area contributed by atoms with Gasteiger partial charge in [0.05, 0.1) is 23.8 Å². The lowest BCUT2D eigenvalue weighted by molar-refractivity contribution is -0.143. The van der Waals surface area contributed by atoms with Crippen molar-refractivity contribution in [3.8, 4) is 0 Å². The number of nitrogens with one attached hydrogen (secondary N) is 1. The van der Waals surface area contributed by atoms with E-state index in [4.69, 9.17) is 9.47 Å². The summed E-state index contributed by atoms with van der Waals surface area (Å²) in [6.45, 7) is 7.22. The molecule has 1 aromatic carbocycles. The second kappa shape index (κ2) is 10.7. The number of carbonyl (C=O) groups excluding carboxylic acids is 1. The molecule has 1 amide bonds. The van der Waals surface area contributed by atoms with E-state index in [1.165, 1.54) is 7.11 Å². The van der Waals surface area contributed by atoms with Gasteiger partial charge in [0.25, 0.3) is 0 Å². The molecule has 1 saturated heterocycles. The van der Waals surface area contributed by atoms with Crippen LogP contribution in [0.2, 0.25) is 0 Å². The second-order valence-electron chi connectivity index (χ2n) is 9.52. The van der Waals surface area contributed by atoms with Gasteiger partial charge in [-0.3, -0.25) is 4.90 Å². The first-order valence-corrected chi connectivity index (χ1v) is 11.1. The third-order valence-corrected chi connectivity index (χ3v) is 5.58. The van der Waals surface area contributed by atoms with Crippen molar-refractivity contribution in [1.82, 2.24) is 10.2 Å². The van der Waals surface area contributed by atoms with Gasteiger partial charge < -0.3 is 14.8 Å². The summed E-state index contributed by atoms with van der Waals surface area (Å²) in [4.78, 5) is 14.5. The summed E-state index contributed by atoms with van der Waals surface area (Å²) < 4.78 is 89.7. The Morgan fingerprint density at radius 3 is 1.97 bits per heavy atom. The molecular weight excluding hydrogens is 466 g/mol. The summed E-state index contributed by atoms with van der Waals surface area (Å²) in [6, 6.07) is 0.735. The predicted molar refractivity (Wildman–Crippen MR) is 114 cm³/mol. The molecule has 0 spiro atoms. The van der Waals surface area contributed by atoms with E-state index in [1.807, 2.05) is 6.92 Å². The van der Waals surface area contributed by atoms with Crippen LogP contribution in [0.25, 0.3) is 0 Å². The maximum absolute atomic E-state index is 13.1. The quantitative estimate of drug-likeness (QED) is 0.489. The number of methoxy groups -OCH3 is 1. The van der Waals surface area contributed by atoms with E-state index in [2.05, 4.69) is 5.32 Å². The molecule has 0 bridgehead atoms. The lowest BCUT2D eigenvalue weighted by Crippen LogP contribution is -2.58. The highest BCUT2D eigenvalue weighted by molar-refractivity contribution is 5.69. The van der Waals surface area contributed by atoms with E-state index >= 15 is 0 Å². The van der Waals surface area contributed by atoms with Crippen LogP contribution in [0.1, 0.15) is 63.6 Å². The normalized spacial score (nSPS) is 22.1. The molecule has 2 rings (SSSR count). The second-order valence-corrected chi connectivity index (χ2v) is 9.52. The molecule has 1 aromatic rings. The minimum atomic E-state index is -4.90. The Morgan fingerprint density at radius 2 is 1.53 bits per heavy atom. The van der Waals surface area contributed by atoms with Gasteiger partial charge in [0.15, 0.2) is 0 Å². The molecule has 5 nitrogen and oxygen atoms in total. The van der Waals surface area contributed by atoms with Crippen molar-refractivity contribution in [2.75, 3.05) is 13.7 Å². The first-order chi connectivity index (χ1) is 15.5. The number of likely N-dealkylation sites (tertiary alicyclic amines) is 1. The summed E-state index contributed by atoms with van der Waals surface area (Å²) in [7, 11) is 1.49. The smallest absolute Gasteiger partial charge is 0.416 e. The van der Waals surface area contributed by atoms with Crippen LogP contribution in [-0.2, 0) is 28.4 Å². The van der Waals surface area contributed by atoms with Crippen molar-refractivity contribution < 1.29 is 40.6 Å². The predicted octanol–water partition coefficient (Wildman–Crippen LogP) is 6.01. The first kappa shape index (κ1) is 28.2. The average Bonchev–Trinajstić information content (AvgIpc) is 2.69. The molecule has 1 aliphatic heterocycles. The van der Waals surface area contributed by atoms with Gasteiger partial charge >= 0.3 is 18.4 Å².